The first-order valence-electron chi connectivity index (χ1n) is 5.82. The molecule has 0 unspecified atom stereocenters. The number of hydrogen-bond acceptors (Lipinski definition) is 3. The van der Waals surface area contributed by atoms with Gasteiger partial charge in [-0.3, -0.25) is 9.48 Å². The van der Waals surface area contributed by atoms with Crippen LogP contribution in [0.25, 0.3) is 0 Å². The zero-order valence-corrected chi connectivity index (χ0v) is 11.2. The topological polar surface area (TPSA) is 72.9 Å². The molecular weight excluding hydrogens is 216 g/mol. The predicted molar refractivity (Wildman–Crippen MR) is 68.7 cm³/mol. The lowest BCUT2D eigenvalue weighted by Gasteiger charge is -2.25. The molecule has 0 aliphatic carbocycles. The molecule has 0 saturated heterocycles. The Morgan fingerprint density at radius 1 is 1.47 bits per heavy atom. The van der Waals surface area contributed by atoms with Crippen LogP contribution in [0.2, 0.25) is 0 Å². The van der Waals surface area contributed by atoms with Crippen LogP contribution in [-0.4, -0.2) is 21.7 Å². The lowest BCUT2D eigenvalue weighted by molar-refractivity contribution is -0.119. The summed E-state index contributed by atoms with van der Waals surface area (Å²) in [6.45, 7) is 9.87. The lowest BCUT2D eigenvalue weighted by atomic mass is 9.87. The molecule has 0 aromatic carbocycles. The maximum Gasteiger partial charge on any atom is 0.241 e. The van der Waals surface area contributed by atoms with Crippen LogP contribution in [0.3, 0.4) is 0 Å². The number of anilines is 1. The van der Waals surface area contributed by atoms with Crippen LogP contribution >= 0.6 is 0 Å². The molecule has 1 rings (SSSR count). The van der Waals surface area contributed by atoms with Crippen molar-refractivity contribution in [1.82, 2.24) is 9.78 Å². The van der Waals surface area contributed by atoms with Gasteiger partial charge in [-0.2, -0.15) is 5.10 Å². The van der Waals surface area contributed by atoms with Crippen LogP contribution in [0.4, 0.5) is 5.69 Å². The van der Waals surface area contributed by atoms with Gasteiger partial charge in [0.25, 0.3) is 0 Å². The molecule has 0 saturated carbocycles. The van der Waals surface area contributed by atoms with Crippen molar-refractivity contribution in [3.8, 4) is 0 Å². The van der Waals surface area contributed by atoms with E-state index in [4.69, 9.17) is 5.73 Å². The number of hydrogen-bond donors (Lipinski definition) is 2. The molecule has 96 valence electrons. The highest BCUT2D eigenvalue weighted by Gasteiger charge is 2.27. The number of amides is 1. The van der Waals surface area contributed by atoms with Crippen molar-refractivity contribution >= 4 is 11.6 Å². The van der Waals surface area contributed by atoms with Gasteiger partial charge < -0.3 is 11.1 Å². The number of aromatic nitrogens is 2. The lowest BCUT2D eigenvalue weighted by Crippen LogP contribution is -2.45. The highest BCUT2D eigenvalue weighted by molar-refractivity contribution is 5.94. The summed E-state index contributed by atoms with van der Waals surface area (Å²) in [5, 5.41) is 6.93. The summed E-state index contributed by atoms with van der Waals surface area (Å²) in [7, 11) is 0. The molecule has 5 heteroatoms. The molecule has 0 bridgehead atoms. The van der Waals surface area contributed by atoms with Gasteiger partial charge in [-0.05, 0) is 19.3 Å². The summed E-state index contributed by atoms with van der Waals surface area (Å²) in [6, 6.07) is -0.262. The number of nitrogens with zero attached hydrogens (tertiary/aromatic N) is 2. The van der Waals surface area contributed by atoms with Gasteiger partial charge in [0.05, 0.1) is 17.9 Å². The van der Waals surface area contributed by atoms with Gasteiger partial charge in [0, 0.05) is 12.2 Å². The molecule has 0 spiro atoms. The first-order valence-corrected chi connectivity index (χ1v) is 5.82. The average molecular weight is 238 g/mol. The Kier molecular flexibility index (Phi) is 3.93. The molecular formula is C12H22N4O. The Hall–Kier alpha value is -1.36. The number of carbonyl (C=O) groups excluding carboxylic acids is 1. The Balaban J connectivity index is 2.68. The van der Waals surface area contributed by atoms with E-state index in [1.165, 1.54) is 0 Å². The zero-order valence-electron chi connectivity index (χ0n) is 11.2. The van der Waals surface area contributed by atoms with Crippen molar-refractivity contribution in [2.45, 2.75) is 46.7 Å². The van der Waals surface area contributed by atoms with Crippen molar-refractivity contribution in [3.63, 3.8) is 0 Å². The van der Waals surface area contributed by atoms with Gasteiger partial charge in [-0.1, -0.05) is 20.8 Å². The molecule has 5 nitrogen and oxygen atoms in total. The van der Waals surface area contributed by atoms with E-state index in [0.29, 0.717) is 5.69 Å². The molecule has 1 aromatic heterocycles. The quantitative estimate of drug-likeness (QED) is 0.843. The maximum atomic E-state index is 11.9. The summed E-state index contributed by atoms with van der Waals surface area (Å²) in [4.78, 5) is 11.9. The minimum atomic E-state index is -0.537. The molecule has 1 amide bonds. The maximum absolute atomic E-state index is 11.9. The van der Waals surface area contributed by atoms with Gasteiger partial charge in [-0.25, -0.2) is 0 Å². The van der Waals surface area contributed by atoms with E-state index < -0.39 is 6.04 Å². The third-order valence-corrected chi connectivity index (χ3v) is 2.61. The third-order valence-electron chi connectivity index (χ3n) is 2.61. The predicted octanol–water partition coefficient (Wildman–Crippen LogP) is 1.78. The Bertz CT molecular complexity index is 389. The normalized spacial score (nSPS) is 13.8. The van der Waals surface area contributed by atoms with E-state index in [1.807, 2.05) is 34.6 Å². The summed E-state index contributed by atoms with van der Waals surface area (Å²) in [6.07, 6.45) is 3.44. The minimum Gasteiger partial charge on any atom is -0.322 e. The molecule has 0 aliphatic heterocycles. The van der Waals surface area contributed by atoms with E-state index in [9.17, 15) is 4.79 Å². The van der Waals surface area contributed by atoms with Crippen molar-refractivity contribution in [2.75, 3.05) is 5.32 Å². The van der Waals surface area contributed by atoms with Crippen molar-refractivity contribution in [1.29, 1.82) is 0 Å². The number of rotatable bonds is 3. The molecule has 0 radical (unpaired) electrons. The number of nitrogens with one attached hydrogen (secondary N) is 1. The van der Waals surface area contributed by atoms with Crippen LogP contribution in [0.15, 0.2) is 12.4 Å². The highest BCUT2D eigenvalue weighted by atomic mass is 16.2. The summed E-state index contributed by atoms with van der Waals surface area (Å²) >= 11 is 0. The van der Waals surface area contributed by atoms with Crippen LogP contribution in [0.5, 0.6) is 0 Å². The standard InChI is InChI=1S/C12H22N4O/c1-8(2)16-7-9(6-14-16)15-11(17)10(13)12(3,4)5/h6-8,10H,13H2,1-5H3,(H,15,17)/t10-/m1/s1. The second kappa shape index (κ2) is 4.87. The van der Waals surface area contributed by atoms with Crippen LogP contribution < -0.4 is 11.1 Å². The third kappa shape index (κ3) is 3.56. The number of carbonyl (C=O) groups is 1. The Morgan fingerprint density at radius 3 is 2.47 bits per heavy atom. The largest absolute Gasteiger partial charge is 0.322 e. The Morgan fingerprint density at radius 2 is 2.06 bits per heavy atom. The molecule has 1 heterocycles. The van der Waals surface area contributed by atoms with Crippen LogP contribution in [0, 0.1) is 5.41 Å². The zero-order chi connectivity index (χ0) is 13.2. The minimum absolute atomic E-state index is 0.180. The molecule has 3 N–H and O–H groups in total. The van der Waals surface area contributed by atoms with Gasteiger partial charge >= 0.3 is 0 Å². The summed E-state index contributed by atoms with van der Waals surface area (Å²) < 4.78 is 1.79. The van der Waals surface area contributed by atoms with E-state index in [1.54, 1.807) is 17.1 Å². The molecule has 0 fully saturated rings. The van der Waals surface area contributed by atoms with Crippen LogP contribution in [0.1, 0.15) is 40.7 Å². The van der Waals surface area contributed by atoms with Gasteiger partial charge in [0.15, 0.2) is 0 Å². The van der Waals surface area contributed by atoms with Gasteiger partial charge in [0.2, 0.25) is 5.91 Å². The van der Waals surface area contributed by atoms with E-state index >= 15 is 0 Å². The fraction of sp³-hybridized carbons (Fsp3) is 0.667. The monoisotopic (exact) mass is 238 g/mol. The van der Waals surface area contributed by atoms with Crippen molar-refractivity contribution in [2.24, 2.45) is 11.1 Å². The SMILES string of the molecule is CC(C)n1cc(NC(=O)[C@@H](N)C(C)(C)C)cn1. The smallest absolute Gasteiger partial charge is 0.241 e. The summed E-state index contributed by atoms with van der Waals surface area (Å²) in [5.41, 5.74) is 6.30. The second-order valence-corrected chi connectivity index (χ2v) is 5.64. The fourth-order valence-electron chi connectivity index (χ4n) is 1.30. The highest BCUT2D eigenvalue weighted by Crippen LogP contribution is 2.19. The van der Waals surface area contributed by atoms with E-state index in [-0.39, 0.29) is 17.4 Å². The average Bonchev–Trinajstić information content (AvgIpc) is 2.63. The van der Waals surface area contributed by atoms with Crippen molar-refractivity contribution < 1.29 is 4.79 Å². The summed E-state index contributed by atoms with van der Waals surface area (Å²) in [5.74, 6) is -0.180. The first-order chi connectivity index (χ1) is 7.71. The van der Waals surface area contributed by atoms with Gasteiger partial charge in [0.1, 0.15) is 0 Å². The van der Waals surface area contributed by atoms with Crippen molar-refractivity contribution in [3.05, 3.63) is 12.4 Å². The first kappa shape index (κ1) is 13.7. The molecule has 0 aliphatic rings. The van der Waals surface area contributed by atoms with Gasteiger partial charge in [-0.15, -0.1) is 0 Å². The number of nitrogens with two attached hydrogens (primary N) is 1. The molecule has 1 aromatic rings. The fourth-order valence-corrected chi connectivity index (χ4v) is 1.30. The molecule has 17 heavy (non-hydrogen) atoms. The second-order valence-electron chi connectivity index (χ2n) is 5.64. The molecule has 1 atom stereocenters. The van der Waals surface area contributed by atoms with E-state index in [0.717, 1.165) is 0 Å². The van der Waals surface area contributed by atoms with E-state index in [2.05, 4.69) is 10.4 Å². The Labute approximate surface area is 102 Å². The van der Waals surface area contributed by atoms with Crippen LogP contribution in [-0.2, 0) is 4.79 Å².